The molecular weight excluding hydrogens is 267 g/mol. The van der Waals surface area contributed by atoms with E-state index in [-0.39, 0.29) is 32.3 Å². The number of fused-ring (bicyclic) bond motifs is 1. The molecule has 2 aromatic heterocycles. The summed E-state index contributed by atoms with van der Waals surface area (Å²) in [6.45, 7) is 1.48. The lowest BCUT2D eigenvalue weighted by Crippen LogP contribution is -2.14. The molecule has 0 saturated carbocycles. The van der Waals surface area contributed by atoms with Gasteiger partial charge in [0.15, 0.2) is 0 Å². The Bertz CT molecular complexity index is 694. The Kier molecular flexibility index (Phi) is 2.81. The van der Waals surface area contributed by atoms with E-state index in [4.69, 9.17) is 28.3 Å². The minimum atomic E-state index is -1.19. The number of carbonyl (C=O) groups is 1. The van der Waals surface area contributed by atoms with Crippen LogP contribution < -0.4 is 5.56 Å². The number of halogens is 2. The third-order valence-corrected chi connectivity index (χ3v) is 2.98. The summed E-state index contributed by atoms with van der Waals surface area (Å²) >= 11 is 11.5. The van der Waals surface area contributed by atoms with Gasteiger partial charge in [0, 0.05) is 5.69 Å². The summed E-state index contributed by atoms with van der Waals surface area (Å²) in [5.74, 6) is -1.19. The van der Waals surface area contributed by atoms with Crippen LogP contribution in [0.15, 0.2) is 10.9 Å². The molecule has 0 aliphatic rings. The summed E-state index contributed by atoms with van der Waals surface area (Å²) in [4.78, 5) is 29.0. The molecule has 0 aromatic carbocycles. The Morgan fingerprint density at radius 1 is 1.47 bits per heavy atom. The van der Waals surface area contributed by atoms with Gasteiger partial charge in [-0.2, -0.15) is 0 Å². The molecule has 0 amide bonds. The van der Waals surface area contributed by atoms with Crippen molar-refractivity contribution in [3.05, 3.63) is 37.9 Å². The van der Waals surface area contributed by atoms with Crippen LogP contribution in [-0.4, -0.2) is 21.0 Å². The first-order valence-electron chi connectivity index (χ1n) is 4.53. The standard InChI is InChI=1S/C10H6Cl2N2O3/c1-3-6(10(16)17)7-4(9(15)13-3)2-5(11)8(12)14-7/h2H,1H3,(H,13,15)(H,16,17). The number of aryl methyl sites for hydroxylation is 1. The van der Waals surface area contributed by atoms with Gasteiger partial charge in [-0.25, -0.2) is 9.78 Å². The third-order valence-electron chi connectivity index (χ3n) is 2.30. The van der Waals surface area contributed by atoms with Crippen LogP contribution in [0.3, 0.4) is 0 Å². The second kappa shape index (κ2) is 4.01. The average Bonchev–Trinajstić information content (AvgIpc) is 2.20. The zero-order valence-electron chi connectivity index (χ0n) is 8.54. The Labute approximate surface area is 105 Å². The van der Waals surface area contributed by atoms with Gasteiger partial charge in [0.05, 0.1) is 15.9 Å². The topological polar surface area (TPSA) is 83.0 Å². The predicted molar refractivity (Wildman–Crippen MR) is 64.1 cm³/mol. The minimum absolute atomic E-state index is 0.0353. The lowest BCUT2D eigenvalue weighted by Gasteiger charge is -2.06. The first-order valence-corrected chi connectivity index (χ1v) is 5.29. The Balaban J connectivity index is 3.05. The van der Waals surface area contributed by atoms with Crippen molar-refractivity contribution in [2.45, 2.75) is 6.92 Å². The van der Waals surface area contributed by atoms with E-state index in [1.165, 1.54) is 13.0 Å². The number of pyridine rings is 2. The van der Waals surface area contributed by atoms with E-state index in [1.54, 1.807) is 0 Å². The summed E-state index contributed by atoms with van der Waals surface area (Å²) in [6.07, 6.45) is 0. The van der Waals surface area contributed by atoms with E-state index >= 15 is 0 Å². The fourth-order valence-corrected chi connectivity index (χ4v) is 1.86. The number of hydrogen-bond acceptors (Lipinski definition) is 3. The lowest BCUT2D eigenvalue weighted by atomic mass is 10.1. The molecule has 17 heavy (non-hydrogen) atoms. The number of carboxylic acids is 1. The molecule has 0 radical (unpaired) electrons. The van der Waals surface area contributed by atoms with Gasteiger partial charge >= 0.3 is 5.97 Å². The average molecular weight is 273 g/mol. The van der Waals surface area contributed by atoms with E-state index in [0.717, 1.165) is 0 Å². The molecule has 0 fully saturated rings. The number of carboxylic acid groups (broad SMARTS) is 1. The number of hydrogen-bond donors (Lipinski definition) is 2. The van der Waals surface area contributed by atoms with E-state index < -0.39 is 11.5 Å². The highest BCUT2D eigenvalue weighted by Gasteiger charge is 2.17. The number of rotatable bonds is 1. The number of aromatic amines is 1. The van der Waals surface area contributed by atoms with E-state index in [0.29, 0.717) is 0 Å². The van der Waals surface area contributed by atoms with Gasteiger partial charge in [0.2, 0.25) is 0 Å². The smallest absolute Gasteiger partial charge is 0.339 e. The van der Waals surface area contributed by atoms with Gasteiger partial charge in [0.1, 0.15) is 10.7 Å². The van der Waals surface area contributed by atoms with Crippen LogP contribution in [0.1, 0.15) is 16.1 Å². The van der Waals surface area contributed by atoms with Crippen LogP contribution in [0.4, 0.5) is 0 Å². The molecule has 0 unspecified atom stereocenters. The lowest BCUT2D eigenvalue weighted by molar-refractivity contribution is 0.0697. The quantitative estimate of drug-likeness (QED) is 0.780. The van der Waals surface area contributed by atoms with Crippen molar-refractivity contribution in [1.29, 1.82) is 0 Å². The molecule has 2 heterocycles. The number of H-pyrrole nitrogens is 1. The maximum absolute atomic E-state index is 11.6. The van der Waals surface area contributed by atoms with Gasteiger partial charge in [-0.3, -0.25) is 4.79 Å². The van der Waals surface area contributed by atoms with Crippen molar-refractivity contribution in [2.24, 2.45) is 0 Å². The van der Waals surface area contributed by atoms with Crippen LogP contribution in [0.2, 0.25) is 10.2 Å². The first kappa shape index (κ1) is 11.9. The third kappa shape index (κ3) is 1.87. The van der Waals surface area contributed by atoms with Gasteiger partial charge in [-0.15, -0.1) is 0 Å². The second-order valence-electron chi connectivity index (χ2n) is 3.42. The van der Waals surface area contributed by atoms with Crippen molar-refractivity contribution in [2.75, 3.05) is 0 Å². The van der Waals surface area contributed by atoms with Gasteiger partial charge < -0.3 is 10.1 Å². The molecule has 5 nitrogen and oxygen atoms in total. The number of aromatic nitrogens is 2. The fourth-order valence-electron chi connectivity index (χ4n) is 1.57. The molecule has 0 atom stereocenters. The monoisotopic (exact) mass is 272 g/mol. The van der Waals surface area contributed by atoms with Crippen molar-refractivity contribution in [3.8, 4) is 0 Å². The van der Waals surface area contributed by atoms with Gasteiger partial charge in [-0.05, 0) is 13.0 Å². The van der Waals surface area contributed by atoms with Gasteiger partial charge in [0.25, 0.3) is 5.56 Å². The molecule has 0 aliphatic heterocycles. The summed E-state index contributed by atoms with van der Waals surface area (Å²) in [5.41, 5.74) is -0.277. The summed E-state index contributed by atoms with van der Waals surface area (Å²) in [5, 5.41) is 9.24. The SMILES string of the molecule is Cc1[nH]c(=O)c2cc(Cl)c(Cl)nc2c1C(=O)O. The summed E-state index contributed by atoms with van der Waals surface area (Å²) in [7, 11) is 0. The van der Waals surface area contributed by atoms with E-state index in [1.807, 2.05) is 0 Å². The number of nitrogens with zero attached hydrogens (tertiary/aromatic N) is 1. The highest BCUT2D eigenvalue weighted by molar-refractivity contribution is 6.41. The normalized spacial score (nSPS) is 10.8. The molecule has 7 heteroatoms. The predicted octanol–water partition coefficient (Wildman–Crippen LogP) is 2.24. The maximum atomic E-state index is 11.6. The zero-order valence-corrected chi connectivity index (χ0v) is 10.1. The Hall–Kier alpha value is -1.59. The van der Waals surface area contributed by atoms with Crippen LogP contribution in [-0.2, 0) is 0 Å². The molecule has 0 spiro atoms. The number of nitrogens with one attached hydrogen (secondary N) is 1. The highest BCUT2D eigenvalue weighted by Crippen LogP contribution is 2.25. The van der Waals surface area contributed by atoms with Crippen molar-refractivity contribution in [3.63, 3.8) is 0 Å². The Morgan fingerprint density at radius 2 is 2.12 bits per heavy atom. The molecule has 2 aromatic rings. The van der Waals surface area contributed by atoms with Crippen molar-refractivity contribution < 1.29 is 9.90 Å². The van der Waals surface area contributed by atoms with Gasteiger partial charge in [-0.1, -0.05) is 23.2 Å². The largest absolute Gasteiger partial charge is 0.478 e. The van der Waals surface area contributed by atoms with Crippen LogP contribution in [0.5, 0.6) is 0 Å². The zero-order chi connectivity index (χ0) is 12.7. The molecule has 0 saturated heterocycles. The van der Waals surface area contributed by atoms with Crippen LogP contribution in [0, 0.1) is 6.92 Å². The fraction of sp³-hybridized carbons (Fsp3) is 0.100. The first-order chi connectivity index (χ1) is 7.91. The van der Waals surface area contributed by atoms with Crippen molar-refractivity contribution in [1.82, 2.24) is 9.97 Å². The molecule has 2 rings (SSSR count). The molecule has 0 aliphatic carbocycles. The molecule has 2 N–H and O–H groups in total. The Morgan fingerprint density at radius 3 is 2.71 bits per heavy atom. The minimum Gasteiger partial charge on any atom is -0.478 e. The molecule has 88 valence electrons. The summed E-state index contributed by atoms with van der Waals surface area (Å²) < 4.78 is 0. The second-order valence-corrected chi connectivity index (χ2v) is 4.18. The van der Waals surface area contributed by atoms with Crippen LogP contribution in [0.25, 0.3) is 10.9 Å². The maximum Gasteiger partial charge on any atom is 0.339 e. The molecular formula is C10H6Cl2N2O3. The highest BCUT2D eigenvalue weighted by atomic mass is 35.5. The van der Waals surface area contributed by atoms with E-state index in [9.17, 15) is 9.59 Å². The van der Waals surface area contributed by atoms with Crippen molar-refractivity contribution >= 4 is 40.1 Å². The van der Waals surface area contributed by atoms with E-state index in [2.05, 4.69) is 9.97 Å². The van der Waals surface area contributed by atoms with Crippen LogP contribution >= 0.6 is 23.2 Å². The summed E-state index contributed by atoms with van der Waals surface area (Å²) in [6, 6.07) is 1.30. The molecule has 0 bridgehead atoms. The number of aromatic carboxylic acids is 1.